The number of rotatable bonds is 6. The molecule has 1 nitrogen and oxygen atoms in total. The van der Waals surface area contributed by atoms with Crippen LogP contribution in [-0.2, 0) is 0 Å². The molecule has 0 aromatic heterocycles. The van der Waals surface area contributed by atoms with Crippen LogP contribution >= 0.6 is 0 Å². The lowest BCUT2D eigenvalue weighted by Gasteiger charge is -2.10. The van der Waals surface area contributed by atoms with Gasteiger partial charge >= 0.3 is 0 Å². The first-order chi connectivity index (χ1) is 6.29. The van der Waals surface area contributed by atoms with Gasteiger partial charge in [-0.3, -0.25) is 0 Å². The summed E-state index contributed by atoms with van der Waals surface area (Å²) in [7, 11) is 0. The van der Waals surface area contributed by atoms with Crippen molar-refractivity contribution < 1.29 is 0 Å². The SMILES string of the molecule is CC(C)CCNCCC1CCCC1. The van der Waals surface area contributed by atoms with Gasteiger partial charge in [-0.15, -0.1) is 0 Å². The minimum absolute atomic E-state index is 0.846. The van der Waals surface area contributed by atoms with Gasteiger partial charge in [-0.1, -0.05) is 39.5 Å². The fraction of sp³-hybridized carbons (Fsp3) is 1.00. The van der Waals surface area contributed by atoms with Crippen molar-refractivity contribution in [2.75, 3.05) is 13.1 Å². The topological polar surface area (TPSA) is 12.0 Å². The molecule has 0 unspecified atom stereocenters. The molecule has 0 aromatic carbocycles. The highest BCUT2D eigenvalue weighted by Crippen LogP contribution is 2.26. The Morgan fingerprint density at radius 2 is 1.85 bits per heavy atom. The van der Waals surface area contributed by atoms with E-state index in [1.807, 2.05) is 0 Å². The molecule has 1 N–H and O–H groups in total. The highest BCUT2D eigenvalue weighted by Gasteiger charge is 2.13. The van der Waals surface area contributed by atoms with Crippen molar-refractivity contribution >= 4 is 0 Å². The normalized spacial score (nSPS) is 18.7. The molecule has 0 aromatic rings. The predicted molar refractivity (Wildman–Crippen MR) is 58.9 cm³/mol. The van der Waals surface area contributed by atoms with Crippen molar-refractivity contribution in [2.45, 2.75) is 52.4 Å². The molecule has 1 saturated carbocycles. The lowest BCUT2D eigenvalue weighted by molar-refractivity contribution is 0.462. The van der Waals surface area contributed by atoms with Crippen LogP contribution in [0.2, 0.25) is 0 Å². The van der Waals surface area contributed by atoms with E-state index in [4.69, 9.17) is 0 Å². The molecule has 1 rings (SSSR count). The van der Waals surface area contributed by atoms with E-state index in [1.54, 1.807) is 0 Å². The Hall–Kier alpha value is -0.0400. The van der Waals surface area contributed by atoms with E-state index in [2.05, 4.69) is 19.2 Å². The summed E-state index contributed by atoms with van der Waals surface area (Å²) in [4.78, 5) is 0. The monoisotopic (exact) mass is 183 g/mol. The van der Waals surface area contributed by atoms with Crippen molar-refractivity contribution in [3.8, 4) is 0 Å². The van der Waals surface area contributed by atoms with Crippen LogP contribution in [0.4, 0.5) is 0 Å². The molecule has 1 fully saturated rings. The van der Waals surface area contributed by atoms with Crippen LogP contribution in [0, 0.1) is 11.8 Å². The minimum atomic E-state index is 0.846. The van der Waals surface area contributed by atoms with E-state index < -0.39 is 0 Å². The zero-order chi connectivity index (χ0) is 9.52. The second-order valence-electron chi connectivity index (χ2n) is 4.87. The standard InChI is InChI=1S/C12H25N/c1-11(2)7-9-13-10-8-12-5-3-4-6-12/h11-13H,3-10H2,1-2H3. The highest BCUT2D eigenvalue weighted by molar-refractivity contribution is 4.68. The molecule has 0 radical (unpaired) electrons. The smallest absolute Gasteiger partial charge is 0.00463 e. The molecule has 13 heavy (non-hydrogen) atoms. The van der Waals surface area contributed by atoms with E-state index >= 15 is 0 Å². The first kappa shape index (κ1) is 11.0. The molecule has 0 saturated heterocycles. The van der Waals surface area contributed by atoms with Crippen molar-refractivity contribution in [1.29, 1.82) is 0 Å². The van der Waals surface area contributed by atoms with E-state index in [0.29, 0.717) is 0 Å². The molecular formula is C12H25N. The van der Waals surface area contributed by atoms with Crippen molar-refractivity contribution in [1.82, 2.24) is 5.32 Å². The van der Waals surface area contributed by atoms with Gasteiger partial charge in [-0.25, -0.2) is 0 Å². The third kappa shape index (κ3) is 5.30. The predicted octanol–water partition coefficient (Wildman–Crippen LogP) is 3.20. The average Bonchev–Trinajstić information content (AvgIpc) is 2.55. The second-order valence-corrected chi connectivity index (χ2v) is 4.87. The summed E-state index contributed by atoms with van der Waals surface area (Å²) < 4.78 is 0. The fourth-order valence-electron chi connectivity index (χ4n) is 2.12. The maximum Gasteiger partial charge on any atom is -0.00463 e. The van der Waals surface area contributed by atoms with Gasteiger partial charge in [0.25, 0.3) is 0 Å². The Morgan fingerprint density at radius 1 is 1.15 bits per heavy atom. The van der Waals surface area contributed by atoms with E-state index in [-0.39, 0.29) is 0 Å². The van der Waals surface area contributed by atoms with Crippen molar-refractivity contribution in [2.24, 2.45) is 11.8 Å². The van der Waals surface area contributed by atoms with Crippen LogP contribution in [-0.4, -0.2) is 13.1 Å². The number of nitrogens with one attached hydrogen (secondary N) is 1. The fourth-order valence-corrected chi connectivity index (χ4v) is 2.12. The Morgan fingerprint density at radius 3 is 2.46 bits per heavy atom. The largest absolute Gasteiger partial charge is 0.317 e. The van der Waals surface area contributed by atoms with Crippen LogP contribution < -0.4 is 5.32 Å². The summed E-state index contributed by atoms with van der Waals surface area (Å²) >= 11 is 0. The molecule has 0 amide bonds. The van der Waals surface area contributed by atoms with Gasteiger partial charge in [0.15, 0.2) is 0 Å². The van der Waals surface area contributed by atoms with Gasteiger partial charge in [0, 0.05) is 0 Å². The van der Waals surface area contributed by atoms with Crippen molar-refractivity contribution in [3.05, 3.63) is 0 Å². The molecular weight excluding hydrogens is 158 g/mol. The Labute approximate surface area is 83.3 Å². The molecule has 0 spiro atoms. The molecule has 0 aliphatic heterocycles. The second kappa shape index (κ2) is 6.42. The summed E-state index contributed by atoms with van der Waals surface area (Å²) in [5.41, 5.74) is 0. The van der Waals surface area contributed by atoms with Crippen LogP contribution in [0.25, 0.3) is 0 Å². The lowest BCUT2D eigenvalue weighted by atomic mass is 10.0. The van der Waals surface area contributed by atoms with Gasteiger partial charge in [0.1, 0.15) is 0 Å². The maximum atomic E-state index is 3.54. The van der Waals surface area contributed by atoms with Crippen LogP contribution in [0.1, 0.15) is 52.4 Å². The highest BCUT2D eigenvalue weighted by atomic mass is 14.8. The van der Waals surface area contributed by atoms with Gasteiger partial charge < -0.3 is 5.32 Å². The molecule has 1 aliphatic rings. The van der Waals surface area contributed by atoms with Crippen LogP contribution in [0.5, 0.6) is 0 Å². The van der Waals surface area contributed by atoms with Gasteiger partial charge in [0.05, 0.1) is 0 Å². The van der Waals surface area contributed by atoms with Gasteiger partial charge in [0.2, 0.25) is 0 Å². The van der Waals surface area contributed by atoms with Gasteiger partial charge in [-0.2, -0.15) is 0 Å². The van der Waals surface area contributed by atoms with E-state index in [9.17, 15) is 0 Å². The summed E-state index contributed by atoms with van der Waals surface area (Å²) in [6.45, 7) is 7.04. The Balaban J connectivity index is 1.83. The molecule has 0 heterocycles. The zero-order valence-corrected chi connectivity index (χ0v) is 9.31. The van der Waals surface area contributed by atoms with Crippen molar-refractivity contribution in [3.63, 3.8) is 0 Å². The molecule has 0 bridgehead atoms. The zero-order valence-electron chi connectivity index (χ0n) is 9.31. The average molecular weight is 183 g/mol. The summed E-state index contributed by atoms with van der Waals surface area (Å²) in [6, 6.07) is 0. The summed E-state index contributed by atoms with van der Waals surface area (Å²) in [5, 5.41) is 3.54. The van der Waals surface area contributed by atoms with Gasteiger partial charge in [-0.05, 0) is 37.8 Å². The molecule has 0 atom stereocenters. The molecule has 1 heteroatoms. The molecule has 1 aliphatic carbocycles. The quantitative estimate of drug-likeness (QED) is 0.624. The lowest BCUT2D eigenvalue weighted by Crippen LogP contribution is -2.19. The van der Waals surface area contributed by atoms with E-state index in [1.165, 1.54) is 51.6 Å². The Kier molecular flexibility index (Phi) is 5.45. The first-order valence-electron chi connectivity index (χ1n) is 5.99. The van der Waals surface area contributed by atoms with Crippen LogP contribution in [0.15, 0.2) is 0 Å². The third-order valence-electron chi connectivity index (χ3n) is 3.10. The minimum Gasteiger partial charge on any atom is -0.317 e. The summed E-state index contributed by atoms with van der Waals surface area (Å²) in [5.74, 6) is 1.89. The summed E-state index contributed by atoms with van der Waals surface area (Å²) in [6.07, 6.45) is 8.69. The number of hydrogen-bond donors (Lipinski definition) is 1. The third-order valence-corrected chi connectivity index (χ3v) is 3.10. The maximum absolute atomic E-state index is 3.54. The molecule has 78 valence electrons. The van der Waals surface area contributed by atoms with Crippen LogP contribution in [0.3, 0.4) is 0 Å². The number of hydrogen-bond acceptors (Lipinski definition) is 1. The Bertz CT molecular complexity index is 114. The first-order valence-corrected chi connectivity index (χ1v) is 5.99. The van der Waals surface area contributed by atoms with E-state index in [0.717, 1.165) is 11.8 Å².